The van der Waals surface area contributed by atoms with Crippen LogP contribution >= 0.6 is 0 Å². The van der Waals surface area contributed by atoms with E-state index in [2.05, 4.69) is 27.2 Å². The molecule has 170 valence electrons. The molecular weight excluding hydrogens is 410 g/mol. The maximum atomic E-state index is 6.14. The Morgan fingerprint density at radius 2 is 1.81 bits per heavy atom. The number of piperidine rings is 1. The zero-order chi connectivity index (χ0) is 22.3. The summed E-state index contributed by atoms with van der Waals surface area (Å²) in [4.78, 5) is 6.89. The van der Waals surface area contributed by atoms with Crippen LogP contribution in [-0.4, -0.2) is 55.6 Å². The highest BCUT2D eigenvalue weighted by Gasteiger charge is 2.24. The standard InChI is InChI=1S/C24H29N3O5/c1-28-20-12-11-19(22(29-2)23(20)30-3)24-25-21(32-26-24)15-27-13-7-10-18(14-27)31-16-17-8-5-4-6-9-17/h4-6,8-9,11-12,18H,7,10,13-16H2,1-3H3. The fourth-order valence-corrected chi connectivity index (χ4v) is 3.98. The lowest BCUT2D eigenvalue weighted by molar-refractivity contribution is -0.0141. The Bertz CT molecular complexity index is 1010. The van der Waals surface area contributed by atoms with Gasteiger partial charge in [0, 0.05) is 6.54 Å². The molecule has 1 saturated heterocycles. The second-order valence-corrected chi connectivity index (χ2v) is 7.69. The van der Waals surface area contributed by atoms with E-state index in [0.717, 1.165) is 25.9 Å². The highest BCUT2D eigenvalue weighted by atomic mass is 16.5. The summed E-state index contributed by atoms with van der Waals surface area (Å²) in [5.74, 6) is 2.58. The summed E-state index contributed by atoms with van der Waals surface area (Å²) in [5, 5.41) is 4.17. The lowest BCUT2D eigenvalue weighted by Gasteiger charge is -2.31. The molecule has 1 aromatic heterocycles. The van der Waals surface area contributed by atoms with E-state index < -0.39 is 0 Å². The minimum atomic E-state index is 0.192. The average Bonchev–Trinajstić information content (AvgIpc) is 3.30. The van der Waals surface area contributed by atoms with Crippen molar-refractivity contribution in [2.75, 3.05) is 34.4 Å². The van der Waals surface area contributed by atoms with Gasteiger partial charge in [-0.25, -0.2) is 0 Å². The second-order valence-electron chi connectivity index (χ2n) is 7.69. The van der Waals surface area contributed by atoms with Crippen LogP contribution in [0.25, 0.3) is 11.4 Å². The van der Waals surface area contributed by atoms with Gasteiger partial charge < -0.3 is 23.5 Å². The van der Waals surface area contributed by atoms with Gasteiger partial charge in [0.1, 0.15) is 0 Å². The van der Waals surface area contributed by atoms with Crippen LogP contribution in [0.4, 0.5) is 0 Å². The Hall–Kier alpha value is -3.10. The first kappa shape index (κ1) is 22.1. The first-order chi connectivity index (χ1) is 15.7. The van der Waals surface area contributed by atoms with Crippen molar-refractivity contribution >= 4 is 0 Å². The predicted octanol–water partition coefficient (Wildman–Crippen LogP) is 3.94. The highest BCUT2D eigenvalue weighted by molar-refractivity contribution is 5.71. The predicted molar refractivity (Wildman–Crippen MR) is 119 cm³/mol. The van der Waals surface area contributed by atoms with Crippen LogP contribution < -0.4 is 14.2 Å². The summed E-state index contributed by atoms with van der Waals surface area (Å²) in [7, 11) is 4.72. The van der Waals surface area contributed by atoms with E-state index >= 15 is 0 Å². The number of hydrogen-bond donors (Lipinski definition) is 0. The van der Waals surface area contributed by atoms with E-state index in [-0.39, 0.29) is 6.10 Å². The molecule has 1 aliphatic heterocycles. The second kappa shape index (κ2) is 10.5. The topological polar surface area (TPSA) is 79.1 Å². The molecule has 2 aromatic carbocycles. The molecule has 8 nitrogen and oxygen atoms in total. The molecule has 2 heterocycles. The van der Waals surface area contributed by atoms with Crippen molar-refractivity contribution in [2.45, 2.75) is 32.1 Å². The SMILES string of the molecule is COc1ccc(-c2noc(CN3CCCC(OCc4ccccc4)C3)n2)c(OC)c1OC. The van der Waals surface area contributed by atoms with Crippen LogP contribution in [0.3, 0.4) is 0 Å². The van der Waals surface area contributed by atoms with E-state index in [9.17, 15) is 0 Å². The van der Waals surface area contributed by atoms with E-state index in [1.165, 1.54) is 5.56 Å². The summed E-state index contributed by atoms with van der Waals surface area (Å²) < 4.78 is 28.0. The molecule has 0 saturated carbocycles. The van der Waals surface area contributed by atoms with E-state index in [1.807, 2.05) is 24.3 Å². The largest absolute Gasteiger partial charge is 0.493 e. The van der Waals surface area contributed by atoms with E-state index in [0.29, 0.717) is 47.7 Å². The molecule has 3 aromatic rings. The summed E-state index contributed by atoms with van der Waals surface area (Å²) in [6.07, 6.45) is 2.32. The van der Waals surface area contributed by atoms with Gasteiger partial charge >= 0.3 is 0 Å². The van der Waals surface area contributed by atoms with Crippen LogP contribution in [0, 0.1) is 0 Å². The Kier molecular flexibility index (Phi) is 7.24. The van der Waals surface area contributed by atoms with Gasteiger partial charge in [-0.05, 0) is 37.1 Å². The molecular formula is C24H29N3O5. The molecule has 32 heavy (non-hydrogen) atoms. The first-order valence-corrected chi connectivity index (χ1v) is 10.7. The third-order valence-electron chi connectivity index (χ3n) is 5.56. The minimum absolute atomic E-state index is 0.192. The van der Waals surface area contributed by atoms with Gasteiger partial charge in [0.25, 0.3) is 0 Å². The lowest BCUT2D eigenvalue weighted by atomic mass is 10.1. The molecule has 0 bridgehead atoms. The summed E-state index contributed by atoms with van der Waals surface area (Å²) in [6, 6.07) is 13.9. The number of benzene rings is 2. The zero-order valence-electron chi connectivity index (χ0n) is 18.7. The van der Waals surface area contributed by atoms with Gasteiger partial charge in [-0.3, -0.25) is 4.90 Å². The number of hydrogen-bond acceptors (Lipinski definition) is 8. The summed E-state index contributed by atoms with van der Waals surface area (Å²) in [6.45, 7) is 3.02. The number of nitrogens with zero attached hydrogens (tertiary/aromatic N) is 3. The average molecular weight is 440 g/mol. The molecule has 0 aliphatic carbocycles. The first-order valence-electron chi connectivity index (χ1n) is 10.7. The normalized spacial score (nSPS) is 16.7. The van der Waals surface area contributed by atoms with Gasteiger partial charge in [0.05, 0.1) is 46.1 Å². The van der Waals surface area contributed by atoms with Gasteiger partial charge in [-0.2, -0.15) is 4.98 Å². The molecule has 4 rings (SSSR count). The van der Waals surface area contributed by atoms with Gasteiger partial charge in [-0.1, -0.05) is 35.5 Å². The molecule has 1 atom stereocenters. The van der Waals surface area contributed by atoms with Gasteiger partial charge in [-0.15, -0.1) is 0 Å². The molecule has 0 N–H and O–H groups in total. The maximum Gasteiger partial charge on any atom is 0.241 e. The highest BCUT2D eigenvalue weighted by Crippen LogP contribution is 2.43. The van der Waals surface area contributed by atoms with Crippen molar-refractivity contribution in [3.63, 3.8) is 0 Å². The van der Waals surface area contributed by atoms with Crippen LogP contribution in [0.1, 0.15) is 24.3 Å². The minimum Gasteiger partial charge on any atom is -0.493 e. The molecule has 0 radical (unpaired) electrons. The fraction of sp³-hybridized carbons (Fsp3) is 0.417. The van der Waals surface area contributed by atoms with Crippen molar-refractivity contribution in [1.29, 1.82) is 0 Å². The number of likely N-dealkylation sites (tertiary alicyclic amines) is 1. The van der Waals surface area contributed by atoms with Crippen molar-refractivity contribution in [3.05, 3.63) is 53.9 Å². The Morgan fingerprint density at radius 1 is 1.00 bits per heavy atom. The molecule has 1 aliphatic rings. The zero-order valence-corrected chi connectivity index (χ0v) is 18.7. The lowest BCUT2D eigenvalue weighted by Crippen LogP contribution is -2.39. The van der Waals surface area contributed by atoms with Gasteiger partial charge in [0.15, 0.2) is 11.5 Å². The third-order valence-corrected chi connectivity index (χ3v) is 5.56. The maximum absolute atomic E-state index is 6.14. The van der Waals surface area contributed by atoms with Crippen molar-refractivity contribution in [2.24, 2.45) is 0 Å². The molecule has 8 heteroatoms. The van der Waals surface area contributed by atoms with Crippen molar-refractivity contribution in [1.82, 2.24) is 15.0 Å². The number of rotatable bonds is 9. The summed E-state index contributed by atoms with van der Waals surface area (Å²) >= 11 is 0. The monoisotopic (exact) mass is 439 g/mol. The molecule has 1 unspecified atom stereocenters. The van der Waals surface area contributed by atoms with Crippen LogP contribution in [0.5, 0.6) is 17.2 Å². The number of aromatic nitrogens is 2. The van der Waals surface area contributed by atoms with Crippen LogP contribution in [0.2, 0.25) is 0 Å². The quantitative estimate of drug-likeness (QED) is 0.496. The van der Waals surface area contributed by atoms with E-state index in [4.69, 9.17) is 23.5 Å². The van der Waals surface area contributed by atoms with E-state index in [1.54, 1.807) is 27.4 Å². The van der Waals surface area contributed by atoms with Crippen molar-refractivity contribution in [3.8, 4) is 28.6 Å². The third kappa shape index (κ3) is 5.03. The van der Waals surface area contributed by atoms with Crippen molar-refractivity contribution < 1.29 is 23.5 Å². The Morgan fingerprint density at radius 3 is 2.56 bits per heavy atom. The number of ether oxygens (including phenoxy) is 4. The van der Waals surface area contributed by atoms with Gasteiger partial charge in [0.2, 0.25) is 17.5 Å². The summed E-state index contributed by atoms with van der Waals surface area (Å²) in [5.41, 5.74) is 1.87. The Balaban J connectivity index is 1.41. The molecule has 0 spiro atoms. The van der Waals surface area contributed by atoms with Crippen LogP contribution in [0.15, 0.2) is 47.0 Å². The number of methoxy groups -OCH3 is 3. The fourth-order valence-electron chi connectivity index (χ4n) is 3.98. The molecule has 0 amide bonds. The Labute approximate surface area is 188 Å². The smallest absolute Gasteiger partial charge is 0.241 e. The van der Waals surface area contributed by atoms with Crippen LogP contribution in [-0.2, 0) is 17.9 Å². The molecule has 1 fully saturated rings.